The van der Waals surface area contributed by atoms with Gasteiger partial charge >= 0.3 is 0 Å². The first-order valence-corrected chi connectivity index (χ1v) is 7.26. The average Bonchev–Trinajstić information content (AvgIpc) is 2.47. The Bertz CT molecular complexity index is 684. The molecule has 1 unspecified atom stereocenters. The second kappa shape index (κ2) is 7.01. The van der Waals surface area contributed by atoms with E-state index in [9.17, 15) is 9.90 Å². The van der Waals surface area contributed by atoms with Crippen LogP contribution in [0.1, 0.15) is 17.2 Å². The van der Waals surface area contributed by atoms with Crippen LogP contribution in [0.15, 0.2) is 36.4 Å². The minimum atomic E-state index is -1.36. The van der Waals surface area contributed by atoms with Crippen molar-refractivity contribution in [2.75, 3.05) is 12.4 Å². The lowest BCUT2D eigenvalue weighted by Gasteiger charge is -2.14. The van der Waals surface area contributed by atoms with Crippen molar-refractivity contribution in [1.82, 2.24) is 0 Å². The Balaban J connectivity index is 2.17. The maximum Gasteiger partial charge on any atom is 0.257 e. The zero-order valence-electron chi connectivity index (χ0n) is 12.1. The molecular formula is C16H15Cl2NO3. The highest BCUT2D eigenvalue weighted by Gasteiger charge is 2.19. The van der Waals surface area contributed by atoms with Crippen LogP contribution in [-0.4, -0.2) is 18.1 Å². The molecular weight excluding hydrogens is 325 g/mol. The summed E-state index contributed by atoms with van der Waals surface area (Å²) in [6.07, 6.45) is -1.36. The van der Waals surface area contributed by atoms with Crippen LogP contribution >= 0.6 is 23.2 Å². The summed E-state index contributed by atoms with van der Waals surface area (Å²) >= 11 is 11.8. The van der Waals surface area contributed by atoms with Gasteiger partial charge in [-0.05, 0) is 54.4 Å². The fourth-order valence-corrected chi connectivity index (χ4v) is 2.53. The molecule has 0 bridgehead atoms. The number of benzene rings is 2. The quantitative estimate of drug-likeness (QED) is 0.885. The van der Waals surface area contributed by atoms with Gasteiger partial charge in [0.15, 0.2) is 6.10 Å². The van der Waals surface area contributed by atoms with Gasteiger partial charge in [-0.15, -0.1) is 0 Å². The molecule has 2 aromatic rings. The molecule has 1 atom stereocenters. The van der Waals surface area contributed by atoms with Gasteiger partial charge < -0.3 is 15.2 Å². The summed E-state index contributed by atoms with van der Waals surface area (Å²) in [7, 11) is 1.57. The van der Waals surface area contributed by atoms with E-state index in [4.69, 9.17) is 27.9 Å². The molecule has 0 aliphatic rings. The molecule has 6 heteroatoms. The number of hydrogen-bond acceptors (Lipinski definition) is 3. The molecule has 0 aliphatic heterocycles. The van der Waals surface area contributed by atoms with E-state index < -0.39 is 12.0 Å². The van der Waals surface area contributed by atoms with Crippen LogP contribution in [0.25, 0.3) is 0 Å². The van der Waals surface area contributed by atoms with Crippen LogP contribution in [0.3, 0.4) is 0 Å². The second-order valence-electron chi connectivity index (χ2n) is 4.78. The Labute approximate surface area is 138 Å². The minimum Gasteiger partial charge on any atom is -0.497 e. The van der Waals surface area contributed by atoms with Gasteiger partial charge in [0.1, 0.15) is 5.75 Å². The first kappa shape index (κ1) is 16.6. The summed E-state index contributed by atoms with van der Waals surface area (Å²) in [6, 6.07) is 9.76. The Morgan fingerprint density at radius 2 is 1.82 bits per heavy atom. The van der Waals surface area contributed by atoms with Crippen LogP contribution in [-0.2, 0) is 4.79 Å². The topological polar surface area (TPSA) is 58.6 Å². The SMILES string of the molecule is COc1ccc(NC(=O)C(O)c2cc(Cl)cc(Cl)c2)c(C)c1. The van der Waals surface area contributed by atoms with Crippen molar-refractivity contribution in [2.24, 2.45) is 0 Å². The number of carbonyl (C=O) groups is 1. The lowest BCUT2D eigenvalue weighted by molar-refractivity contribution is -0.124. The molecule has 0 saturated carbocycles. The Kier molecular flexibility index (Phi) is 5.29. The Hall–Kier alpha value is -1.75. The third kappa shape index (κ3) is 3.91. The molecule has 0 fully saturated rings. The molecule has 4 nitrogen and oxygen atoms in total. The van der Waals surface area contributed by atoms with Crippen LogP contribution in [0.5, 0.6) is 5.75 Å². The zero-order chi connectivity index (χ0) is 16.3. The van der Waals surface area contributed by atoms with Crippen molar-refractivity contribution in [3.8, 4) is 5.75 Å². The van der Waals surface area contributed by atoms with E-state index in [0.717, 1.165) is 5.56 Å². The molecule has 0 radical (unpaired) electrons. The monoisotopic (exact) mass is 339 g/mol. The number of nitrogens with one attached hydrogen (secondary N) is 1. The van der Waals surface area contributed by atoms with Gasteiger partial charge in [-0.25, -0.2) is 0 Å². The number of carbonyl (C=O) groups excluding carboxylic acids is 1. The van der Waals surface area contributed by atoms with E-state index in [1.54, 1.807) is 25.3 Å². The fraction of sp³-hybridized carbons (Fsp3) is 0.188. The summed E-state index contributed by atoms with van der Waals surface area (Å²) < 4.78 is 5.11. The number of ether oxygens (including phenoxy) is 1. The molecule has 1 amide bonds. The van der Waals surface area contributed by atoms with Gasteiger partial charge in [0.05, 0.1) is 7.11 Å². The molecule has 0 saturated heterocycles. The standard InChI is InChI=1S/C16H15Cl2NO3/c1-9-5-13(22-2)3-4-14(9)19-16(21)15(20)10-6-11(17)8-12(18)7-10/h3-8,15,20H,1-2H3,(H,19,21). The highest BCUT2D eigenvalue weighted by molar-refractivity contribution is 6.34. The summed E-state index contributed by atoms with van der Waals surface area (Å²) in [5.41, 5.74) is 1.75. The minimum absolute atomic E-state index is 0.334. The van der Waals surface area contributed by atoms with Crippen molar-refractivity contribution < 1.29 is 14.6 Å². The number of hydrogen-bond donors (Lipinski definition) is 2. The number of anilines is 1. The van der Waals surface area contributed by atoms with E-state index in [-0.39, 0.29) is 0 Å². The lowest BCUT2D eigenvalue weighted by Crippen LogP contribution is -2.21. The van der Waals surface area contributed by atoms with Crippen molar-refractivity contribution >= 4 is 34.8 Å². The smallest absolute Gasteiger partial charge is 0.257 e. The molecule has 0 aromatic heterocycles. The first-order valence-electron chi connectivity index (χ1n) is 6.50. The maximum absolute atomic E-state index is 12.2. The third-order valence-electron chi connectivity index (χ3n) is 3.14. The number of amides is 1. The van der Waals surface area contributed by atoms with Crippen molar-refractivity contribution in [2.45, 2.75) is 13.0 Å². The fourth-order valence-electron chi connectivity index (χ4n) is 1.99. The summed E-state index contributed by atoms with van der Waals surface area (Å²) in [5.74, 6) is 0.129. The highest BCUT2D eigenvalue weighted by Crippen LogP contribution is 2.26. The third-order valence-corrected chi connectivity index (χ3v) is 3.58. The first-order chi connectivity index (χ1) is 10.4. The largest absolute Gasteiger partial charge is 0.497 e. The number of methoxy groups -OCH3 is 1. The molecule has 116 valence electrons. The second-order valence-corrected chi connectivity index (χ2v) is 5.65. The van der Waals surface area contributed by atoms with E-state index >= 15 is 0 Å². The molecule has 0 aliphatic carbocycles. The highest BCUT2D eigenvalue weighted by atomic mass is 35.5. The molecule has 0 heterocycles. The van der Waals surface area contributed by atoms with Crippen molar-refractivity contribution in [3.63, 3.8) is 0 Å². The van der Waals surface area contributed by atoms with Gasteiger partial charge in [0, 0.05) is 15.7 Å². The number of halogens is 2. The van der Waals surface area contributed by atoms with E-state index in [0.29, 0.717) is 27.0 Å². The van der Waals surface area contributed by atoms with E-state index in [1.807, 2.05) is 6.92 Å². The number of aryl methyl sites for hydroxylation is 1. The van der Waals surface area contributed by atoms with Crippen molar-refractivity contribution in [1.29, 1.82) is 0 Å². The molecule has 0 spiro atoms. The normalized spacial score (nSPS) is 11.9. The van der Waals surface area contributed by atoms with Gasteiger partial charge in [-0.1, -0.05) is 23.2 Å². The van der Waals surface area contributed by atoms with E-state index in [2.05, 4.69) is 5.32 Å². The van der Waals surface area contributed by atoms with Crippen LogP contribution in [0, 0.1) is 6.92 Å². The van der Waals surface area contributed by atoms with Crippen LogP contribution in [0.4, 0.5) is 5.69 Å². The Morgan fingerprint density at radius 3 is 2.36 bits per heavy atom. The maximum atomic E-state index is 12.2. The van der Waals surface area contributed by atoms with E-state index in [1.165, 1.54) is 18.2 Å². The molecule has 2 rings (SSSR count). The molecule has 2 aromatic carbocycles. The summed E-state index contributed by atoms with van der Waals surface area (Å²) in [6.45, 7) is 1.83. The zero-order valence-corrected chi connectivity index (χ0v) is 13.6. The number of rotatable bonds is 4. The van der Waals surface area contributed by atoms with Crippen LogP contribution in [0.2, 0.25) is 10.0 Å². The Morgan fingerprint density at radius 1 is 1.18 bits per heavy atom. The van der Waals surface area contributed by atoms with Gasteiger partial charge in [-0.2, -0.15) is 0 Å². The van der Waals surface area contributed by atoms with Gasteiger partial charge in [-0.3, -0.25) is 4.79 Å². The van der Waals surface area contributed by atoms with Gasteiger partial charge in [0.25, 0.3) is 5.91 Å². The average molecular weight is 340 g/mol. The number of aliphatic hydroxyl groups excluding tert-OH is 1. The predicted octanol–water partition coefficient (Wildman–Crippen LogP) is 3.98. The summed E-state index contributed by atoms with van der Waals surface area (Å²) in [5, 5.41) is 13.5. The van der Waals surface area contributed by atoms with Crippen molar-refractivity contribution in [3.05, 3.63) is 57.6 Å². The molecule has 22 heavy (non-hydrogen) atoms. The lowest BCUT2D eigenvalue weighted by atomic mass is 10.1. The van der Waals surface area contributed by atoms with Crippen LogP contribution < -0.4 is 10.1 Å². The predicted molar refractivity (Wildman–Crippen MR) is 87.8 cm³/mol. The molecule has 2 N–H and O–H groups in total. The number of aliphatic hydroxyl groups is 1. The van der Waals surface area contributed by atoms with Gasteiger partial charge in [0.2, 0.25) is 0 Å². The summed E-state index contributed by atoms with van der Waals surface area (Å²) in [4.78, 5) is 12.2.